The van der Waals surface area contributed by atoms with Crippen LogP contribution in [0.15, 0.2) is 0 Å². The number of amides is 1. The van der Waals surface area contributed by atoms with E-state index in [0.29, 0.717) is 38.7 Å². The lowest BCUT2D eigenvalue weighted by atomic mass is 10.0. The summed E-state index contributed by atoms with van der Waals surface area (Å²) >= 11 is 0. The second-order valence-corrected chi connectivity index (χ2v) is 4.87. The van der Waals surface area contributed by atoms with Gasteiger partial charge in [-0.05, 0) is 12.3 Å². The fraction of sp³-hybridized carbons (Fsp3) is 0.923. The molecule has 0 aliphatic rings. The smallest absolute Gasteiger partial charge is 0.224 e. The first-order valence-corrected chi connectivity index (χ1v) is 6.55. The molecule has 0 aromatic carbocycles. The number of nitrogens with two attached hydrogens (primary N) is 1. The summed E-state index contributed by atoms with van der Waals surface area (Å²) in [5.74, 6) is 0.550. The van der Waals surface area contributed by atoms with Crippen molar-refractivity contribution in [1.29, 1.82) is 0 Å². The van der Waals surface area contributed by atoms with E-state index in [9.17, 15) is 4.79 Å². The quantitative estimate of drug-likeness (QED) is 0.592. The minimum absolute atomic E-state index is 0.100. The third-order valence-electron chi connectivity index (χ3n) is 2.97. The van der Waals surface area contributed by atoms with E-state index < -0.39 is 0 Å². The van der Waals surface area contributed by atoms with Crippen molar-refractivity contribution in [2.24, 2.45) is 11.7 Å². The molecule has 1 atom stereocenters. The molecule has 0 rings (SSSR count). The molecule has 2 N–H and O–H groups in total. The summed E-state index contributed by atoms with van der Waals surface area (Å²) in [6.45, 7) is 6.43. The van der Waals surface area contributed by atoms with Crippen LogP contribution in [0.1, 0.15) is 26.7 Å². The Bertz CT molecular complexity index is 222. The zero-order valence-corrected chi connectivity index (χ0v) is 12.1. The van der Waals surface area contributed by atoms with E-state index in [-0.39, 0.29) is 11.9 Å². The molecular formula is C13H28N2O3. The lowest BCUT2D eigenvalue weighted by Gasteiger charge is -2.21. The van der Waals surface area contributed by atoms with Crippen LogP contribution in [-0.2, 0) is 14.3 Å². The first-order valence-electron chi connectivity index (χ1n) is 6.55. The van der Waals surface area contributed by atoms with Crippen LogP contribution in [0.2, 0.25) is 0 Å². The SMILES string of the molecule is COCCOCCC(=O)N(C)CCC(N)C(C)C. The third kappa shape index (κ3) is 8.44. The molecule has 0 saturated carbocycles. The monoisotopic (exact) mass is 260 g/mol. The maximum absolute atomic E-state index is 11.7. The first-order chi connectivity index (χ1) is 8.49. The van der Waals surface area contributed by atoms with E-state index in [0.717, 1.165) is 6.42 Å². The molecule has 5 heteroatoms. The molecule has 0 spiro atoms. The lowest BCUT2D eigenvalue weighted by molar-refractivity contribution is -0.131. The highest BCUT2D eigenvalue weighted by Crippen LogP contribution is 2.04. The zero-order chi connectivity index (χ0) is 14.0. The van der Waals surface area contributed by atoms with Gasteiger partial charge in [0.15, 0.2) is 0 Å². The molecule has 108 valence electrons. The number of hydrogen-bond acceptors (Lipinski definition) is 4. The molecule has 0 aliphatic heterocycles. The van der Waals surface area contributed by atoms with E-state index in [1.165, 1.54) is 0 Å². The molecular weight excluding hydrogens is 232 g/mol. The second-order valence-electron chi connectivity index (χ2n) is 4.87. The van der Waals surface area contributed by atoms with E-state index in [1.54, 1.807) is 12.0 Å². The number of methoxy groups -OCH3 is 1. The van der Waals surface area contributed by atoms with Gasteiger partial charge < -0.3 is 20.1 Å². The Hall–Kier alpha value is -0.650. The Morgan fingerprint density at radius 1 is 1.28 bits per heavy atom. The average Bonchev–Trinajstić information content (AvgIpc) is 2.34. The minimum atomic E-state index is 0.100. The minimum Gasteiger partial charge on any atom is -0.382 e. The van der Waals surface area contributed by atoms with Gasteiger partial charge in [-0.3, -0.25) is 4.79 Å². The number of carbonyl (C=O) groups excluding carboxylic acids is 1. The van der Waals surface area contributed by atoms with Crippen molar-refractivity contribution < 1.29 is 14.3 Å². The van der Waals surface area contributed by atoms with Gasteiger partial charge in [0.1, 0.15) is 0 Å². The molecule has 18 heavy (non-hydrogen) atoms. The van der Waals surface area contributed by atoms with Crippen LogP contribution in [0, 0.1) is 5.92 Å². The predicted octanol–water partition coefficient (Wildman–Crippen LogP) is 0.871. The fourth-order valence-corrected chi connectivity index (χ4v) is 1.40. The summed E-state index contributed by atoms with van der Waals surface area (Å²) < 4.78 is 10.1. The Morgan fingerprint density at radius 3 is 2.50 bits per heavy atom. The largest absolute Gasteiger partial charge is 0.382 e. The number of carbonyl (C=O) groups is 1. The topological polar surface area (TPSA) is 64.8 Å². The fourth-order valence-electron chi connectivity index (χ4n) is 1.40. The summed E-state index contributed by atoms with van der Waals surface area (Å²) in [6.07, 6.45) is 1.25. The molecule has 0 radical (unpaired) electrons. The second kappa shape index (κ2) is 10.3. The molecule has 1 amide bonds. The van der Waals surface area contributed by atoms with Crippen LogP contribution in [-0.4, -0.2) is 57.4 Å². The van der Waals surface area contributed by atoms with Gasteiger partial charge in [-0.2, -0.15) is 0 Å². The molecule has 5 nitrogen and oxygen atoms in total. The van der Waals surface area contributed by atoms with Crippen LogP contribution < -0.4 is 5.73 Å². The van der Waals surface area contributed by atoms with Crippen molar-refractivity contribution in [1.82, 2.24) is 4.90 Å². The highest BCUT2D eigenvalue weighted by atomic mass is 16.5. The van der Waals surface area contributed by atoms with E-state index in [4.69, 9.17) is 15.2 Å². The highest BCUT2D eigenvalue weighted by molar-refractivity contribution is 5.75. The normalized spacial score (nSPS) is 12.8. The first kappa shape index (κ1) is 17.4. The van der Waals surface area contributed by atoms with Gasteiger partial charge in [0, 0.05) is 26.7 Å². The van der Waals surface area contributed by atoms with Gasteiger partial charge in [-0.15, -0.1) is 0 Å². The summed E-state index contributed by atoms with van der Waals surface area (Å²) in [4.78, 5) is 13.5. The summed E-state index contributed by atoms with van der Waals surface area (Å²) in [6, 6.07) is 0.151. The predicted molar refractivity (Wildman–Crippen MR) is 72.4 cm³/mol. The molecule has 0 aromatic heterocycles. The van der Waals surface area contributed by atoms with E-state index in [1.807, 2.05) is 7.05 Å². The van der Waals surface area contributed by atoms with Gasteiger partial charge >= 0.3 is 0 Å². The molecule has 0 bridgehead atoms. The Morgan fingerprint density at radius 2 is 1.94 bits per heavy atom. The Labute approximate surface area is 111 Å². The molecule has 1 unspecified atom stereocenters. The van der Waals surface area contributed by atoms with Crippen LogP contribution in [0.25, 0.3) is 0 Å². The van der Waals surface area contributed by atoms with Gasteiger partial charge in [0.2, 0.25) is 5.91 Å². The molecule has 0 saturated heterocycles. The van der Waals surface area contributed by atoms with Gasteiger partial charge in [-0.1, -0.05) is 13.8 Å². The summed E-state index contributed by atoms with van der Waals surface area (Å²) in [7, 11) is 3.44. The third-order valence-corrected chi connectivity index (χ3v) is 2.97. The van der Waals surface area contributed by atoms with Crippen molar-refractivity contribution in [2.75, 3.05) is 40.5 Å². The van der Waals surface area contributed by atoms with Crippen LogP contribution in [0.4, 0.5) is 0 Å². The van der Waals surface area contributed by atoms with Crippen molar-refractivity contribution >= 4 is 5.91 Å². The Kier molecular flexibility index (Phi) is 9.92. The van der Waals surface area contributed by atoms with E-state index >= 15 is 0 Å². The standard InChI is InChI=1S/C13H28N2O3/c1-11(2)12(14)5-7-15(3)13(16)6-8-18-10-9-17-4/h11-12H,5-10,14H2,1-4H3. The van der Waals surface area contributed by atoms with Crippen molar-refractivity contribution in [3.05, 3.63) is 0 Å². The van der Waals surface area contributed by atoms with Gasteiger partial charge in [0.25, 0.3) is 0 Å². The maximum atomic E-state index is 11.7. The van der Waals surface area contributed by atoms with Crippen LogP contribution in [0.3, 0.4) is 0 Å². The summed E-state index contributed by atoms with van der Waals surface area (Å²) in [5, 5.41) is 0. The summed E-state index contributed by atoms with van der Waals surface area (Å²) in [5.41, 5.74) is 5.94. The van der Waals surface area contributed by atoms with Crippen LogP contribution >= 0.6 is 0 Å². The van der Waals surface area contributed by atoms with Crippen molar-refractivity contribution in [3.63, 3.8) is 0 Å². The van der Waals surface area contributed by atoms with Gasteiger partial charge in [0.05, 0.1) is 26.2 Å². The number of nitrogens with zero attached hydrogens (tertiary/aromatic N) is 1. The molecule has 0 fully saturated rings. The van der Waals surface area contributed by atoms with Crippen molar-refractivity contribution in [3.8, 4) is 0 Å². The number of ether oxygens (including phenoxy) is 2. The Balaban J connectivity index is 3.63. The molecule has 0 aliphatic carbocycles. The van der Waals surface area contributed by atoms with Crippen molar-refractivity contribution in [2.45, 2.75) is 32.7 Å². The number of hydrogen-bond donors (Lipinski definition) is 1. The molecule has 0 aromatic rings. The highest BCUT2D eigenvalue weighted by Gasteiger charge is 2.12. The zero-order valence-electron chi connectivity index (χ0n) is 12.1. The molecule has 0 heterocycles. The lowest BCUT2D eigenvalue weighted by Crippen LogP contribution is -2.35. The average molecular weight is 260 g/mol. The number of rotatable bonds is 10. The van der Waals surface area contributed by atoms with Gasteiger partial charge in [-0.25, -0.2) is 0 Å². The van der Waals surface area contributed by atoms with Crippen LogP contribution in [0.5, 0.6) is 0 Å². The maximum Gasteiger partial charge on any atom is 0.224 e. The van der Waals surface area contributed by atoms with E-state index in [2.05, 4.69) is 13.8 Å².